The highest BCUT2D eigenvalue weighted by Gasteiger charge is 2.71. The van der Waals surface area contributed by atoms with E-state index in [9.17, 15) is 14.3 Å². The van der Waals surface area contributed by atoms with E-state index < -0.39 is 23.3 Å². The third kappa shape index (κ3) is 3.54. The van der Waals surface area contributed by atoms with E-state index in [4.69, 9.17) is 14.2 Å². The fourth-order valence-corrected chi connectivity index (χ4v) is 3.01. The van der Waals surface area contributed by atoms with Crippen LogP contribution in [-0.2, 0) is 25.6 Å². The summed E-state index contributed by atoms with van der Waals surface area (Å²) < 4.78 is 31.4. The van der Waals surface area contributed by atoms with E-state index in [0.717, 1.165) is 5.56 Å². The minimum atomic E-state index is -2.39. The molecule has 1 aromatic rings. The van der Waals surface area contributed by atoms with Crippen molar-refractivity contribution in [1.82, 2.24) is 0 Å². The Labute approximate surface area is 135 Å². The summed E-state index contributed by atoms with van der Waals surface area (Å²) in [5, 5.41) is 9.21. The van der Waals surface area contributed by atoms with Gasteiger partial charge in [0.05, 0.1) is 19.1 Å². The number of hydrogen-bond donors (Lipinski definition) is 1. The number of aliphatic carboxylic acids is 1. The second kappa shape index (κ2) is 7.38. The lowest BCUT2D eigenvalue weighted by Gasteiger charge is -2.54. The van der Waals surface area contributed by atoms with Crippen LogP contribution in [0.4, 0.5) is 4.39 Å². The molecular formula is C17H23FO5. The van der Waals surface area contributed by atoms with E-state index in [1.165, 1.54) is 0 Å². The monoisotopic (exact) mass is 326 g/mol. The number of halogens is 1. The molecule has 128 valence electrons. The molecule has 0 spiro atoms. The van der Waals surface area contributed by atoms with Gasteiger partial charge < -0.3 is 19.3 Å². The average molecular weight is 326 g/mol. The molecule has 2 rings (SSSR count). The predicted octanol–water partition coefficient (Wildman–Crippen LogP) is 2.79. The molecule has 0 heterocycles. The van der Waals surface area contributed by atoms with Crippen LogP contribution >= 0.6 is 0 Å². The van der Waals surface area contributed by atoms with Crippen LogP contribution in [0.5, 0.6) is 0 Å². The van der Waals surface area contributed by atoms with Gasteiger partial charge in [-0.1, -0.05) is 30.3 Å². The predicted molar refractivity (Wildman–Crippen MR) is 81.7 cm³/mol. The maximum absolute atomic E-state index is 14.7. The van der Waals surface area contributed by atoms with Gasteiger partial charge >= 0.3 is 5.97 Å². The number of carbonyl (C=O) groups is 1. The first kappa shape index (κ1) is 17.8. The molecule has 1 N–H and O–H groups in total. The number of alkyl halides is 1. The van der Waals surface area contributed by atoms with Gasteiger partial charge in [-0.15, -0.1) is 0 Å². The highest BCUT2D eigenvalue weighted by Crippen LogP contribution is 2.53. The summed E-state index contributed by atoms with van der Waals surface area (Å²) in [5.41, 5.74) is -1.45. The van der Waals surface area contributed by atoms with Gasteiger partial charge in [-0.2, -0.15) is 0 Å². The lowest BCUT2D eigenvalue weighted by Crippen LogP contribution is -2.70. The number of benzene rings is 1. The van der Waals surface area contributed by atoms with E-state index in [2.05, 4.69) is 0 Å². The lowest BCUT2D eigenvalue weighted by atomic mass is 9.65. The first-order valence-electron chi connectivity index (χ1n) is 7.80. The van der Waals surface area contributed by atoms with Crippen LogP contribution in [-0.4, -0.2) is 42.4 Å². The van der Waals surface area contributed by atoms with Crippen molar-refractivity contribution in [3.05, 3.63) is 35.9 Å². The number of hydrogen-bond acceptors (Lipinski definition) is 4. The largest absolute Gasteiger partial charge is 0.479 e. The highest BCUT2D eigenvalue weighted by atomic mass is 19.1. The van der Waals surface area contributed by atoms with Crippen molar-refractivity contribution in [2.45, 2.75) is 38.3 Å². The van der Waals surface area contributed by atoms with E-state index in [0.29, 0.717) is 13.2 Å². The molecule has 1 aliphatic carbocycles. The molecule has 0 amide bonds. The summed E-state index contributed by atoms with van der Waals surface area (Å²) >= 11 is 0. The van der Waals surface area contributed by atoms with Gasteiger partial charge in [0, 0.05) is 19.6 Å². The average Bonchev–Trinajstić information content (AvgIpc) is 2.52. The second-order valence-corrected chi connectivity index (χ2v) is 5.58. The maximum atomic E-state index is 14.7. The lowest BCUT2D eigenvalue weighted by molar-refractivity contribution is -0.357. The van der Waals surface area contributed by atoms with Gasteiger partial charge in [0.25, 0.3) is 0 Å². The van der Waals surface area contributed by atoms with Crippen LogP contribution in [0.15, 0.2) is 30.3 Å². The van der Waals surface area contributed by atoms with E-state index in [1.807, 2.05) is 30.3 Å². The minimum absolute atomic E-state index is 0.0856. The van der Waals surface area contributed by atoms with Crippen molar-refractivity contribution < 1.29 is 28.5 Å². The van der Waals surface area contributed by atoms with Crippen LogP contribution < -0.4 is 0 Å². The third-order valence-electron chi connectivity index (χ3n) is 4.12. The Morgan fingerprint density at radius 3 is 2.39 bits per heavy atom. The molecule has 5 nitrogen and oxygen atoms in total. The highest BCUT2D eigenvalue weighted by molar-refractivity contribution is 5.80. The second-order valence-electron chi connectivity index (χ2n) is 5.58. The fourth-order valence-electron chi connectivity index (χ4n) is 3.01. The van der Waals surface area contributed by atoms with Crippen LogP contribution in [0, 0.1) is 5.92 Å². The molecular weight excluding hydrogens is 303 g/mol. The molecule has 2 atom stereocenters. The Bertz CT molecular complexity index is 515. The Hall–Kier alpha value is -1.50. The molecule has 1 fully saturated rings. The molecule has 1 saturated carbocycles. The van der Waals surface area contributed by atoms with E-state index >= 15 is 0 Å². The molecule has 23 heavy (non-hydrogen) atoms. The van der Waals surface area contributed by atoms with Crippen molar-refractivity contribution in [2.24, 2.45) is 5.92 Å². The molecule has 0 aromatic heterocycles. The Morgan fingerprint density at radius 2 is 1.87 bits per heavy atom. The van der Waals surface area contributed by atoms with Crippen LogP contribution in [0.1, 0.15) is 25.8 Å². The third-order valence-corrected chi connectivity index (χ3v) is 4.12. The fraction of sp³-hybridized carbons (Fsp3) is 0.588. The van der Waals surface area contributed by atoms with Gasteiger partial charge in [0.1, 0.15) is 0 Å². The summed E-state index contributed by atoms with van der Waals surface area (Å²) in [7, 11) is 0. The van der Waals surface area contributed by atoms with Crippen molar-refractivity contribution in [2.75, 3.05) is 19.8 Å². The molecule has 1 aliphatic rings. The zero-order chi connectivity index (χ0) is 16.9. The summed E-state index contributed by atoms with van der Waals surface area (Å²) in [5.74, 6) is -3.73. The SMILES string of the molecule is CCOC1(OCC)C[C@@](F)(C(=O)O)[C@@H]1COCc1ccccc1. The van der Waals surface area contributed by atoms with Crippen LogP contribution in [0.25, 0.3) is 0 Å². The van der Waals surface area contributed by atoms with Crippen molar-refractivity contribution in [1.29, 1.82) is 0 Å². The summed E-state index contributed by atoms with van der Waals surface area (Å²) in [4.78, 5) is 11.3. The maximum Gasteiger partial charge on any atom is 0.342 e. The summed E-state index contributed by atoms with van der Waals surface area (Å²) in [6, 6.07) is 9.42. The molecule has 0 bridgehead atoms. The van der Waals surface area contributed by atoms with E-state index in [-0.39, 0.29) is 19.6 Å². The smallest absolute Gasteiger partial charge is 0.342 e. The Morgan fingerprint density at radius 1 is 1.26 bits per heavy atom. The number of carboxylic acid groups (broad SMARTS) is 1. The molecule has 0 saturated heterocycles. The zero-order valence-electron chi connectivity index (χ0n) is 13.5. The molecule has 1 aromatic carbocycles. The van der Waals surface area contributed by atoms with Gasteiger partial charge in [0.15, 0.2) is 5.79 Å². The summed E-state index contributed by atoms with van der Waals surface area (Å²) in [6.07, 6.45) is -0.323. The Kier molecular flexibility index (Phi) is 5.73. The minimum Gasteiger partial charge on any atom is -0.479 e. The van der Waals surface area contributed by atoms with Crippen LogP contribution in [0.2, 0.25) is 0 Å². The zero-order valence-corrected chi connectivity index (χ0v) is 13.5. The number of rotatable bonds is 9. The molecule has 0 unspecified atom stereocenters. The van der Waals surface area contributed by atoms with Crippen molar-refractivity contribution in [3.63, 3.8) is 0 Å². The van der Waals surface area contributed by atoms with Crippen LogP contribution in [0.3, 0.4) is 0 Å². The first-order valence-corrected chi connectivity index (χ1v) is 7.80. The van der Waals surface area contributed by atoms with Gasteiger partial charge in [-0.25, -0.2) is 9.18 Å². The van der Waals surface area contributed by atoms with E-state index in [1.54, 1.807) is 13.8 Å². The molecule has 0 aliphatic heterocycles. The molecule has 0 radical (unpaired) electrons. The number of carboxylic acids is 1. The van der Waals surface area contributed by atoms with Gasteiger partial charge in [0.2, 0.25) is 5.67 Å². The van der Waals surface area contributed by atoms with Gasteiger partial charge in [-0.3, -0.25) is 0 Å². The van der Waals surface area contributed by atoms with Crippen molar-refractivity contribution in [3.8, 4) is 0 Å². The first-order chi connectivity index (χ1) is 11.0. The topological polar surface area (TPSA) is 65.0 Å². The molecule has 6 heteroatoms. The van der Waals surface area contributed by atoms with Crippen molar-refractivity contribution >= 4 is 5.97 Å². The standard InChI is InChI=1S/C17H23FO5/c1-3-22-17(23-4-2)12-16(18,15(19)20)14(17)11-21-10-13-8-6-5-7-9-13/h5-9,14H,3-4,10-12H2,1-2H3,(H,19,20)/t14-,16-/m0/s1. The Balaban J connectivity index is 2.06. The normalized spacial score (nSPS) is 25.8. The van der Waals surface area contributed by atoms with Gasteiger partial charge in [-0.05, 0) is 19.4 Å². The quantitative estimate of drug-likeness (QED) is 0.707. The number of ether oxygens (including phenoxy) is 3. The summed E-state index contributed by atoms with van der Waals surface area (Å²) in [6.45, 7) is 4.35.